The van der Waals surface area contributed by atoms with Gasteiger partial charge in [-0.3, -0.25) is 4.79 Å². The van der Waals surface area contributed by atoms with Crippen LogP contribution in [-0.2, 0) is 16.0 Å². The first kappa shape index (κ1) is 16.8. The summed E-state index contributed by atoms with van der Waals surface area (Å²) in [5, 5.41) is 11.5. The Morgan fingerprint density at radius 2 is 2.00 bits per heavy atom. The van der Waals surface area contributed by atoms with Gasteiger partial charge < -0.3 is 9.84 Å². The zero-order valence-corrected chi connectivity index (χ0v) is 15.5. The van der Waals surface area contributed by atoms with Gasteiger partial charge in [-0.1, -0.05) is 29.8 Å². The smallest absolute Gasteiger partial charge is 0.309 e. The van der Waals surface area contributed by atoms with E-state index in [9.17, 15) is 9.90 Å². The summed E-state index contributed by atoms with van der Waals surface area (Å²) in [6.07, 6.45) is 5.13. The van der Waals surface area contributed by atoms with Crippen molar-refractivity contribution in [1.29, 1.82) is 0 Å². The molecule has 134 valence electrons. The van der Waals surface area contributed by atoms with Gasteiger partial charge in [-0.05, 0) is 75.5 Å². The van der Waals surface area contributed by atoms with Crippen molar-refractivity contribution in [2.75, 3.05) is 0 Å². The minimum atomic E-state index is -0.964. The first-order valence-corrected chi connectivity index (χ1v) is 9.52. The van der Waals surface area contributed by atoms with Crippen LogP contribution in [0.5, 0.6) is 0 Å². The van der Waals surface area contributed by atoms with Crippen LogP contribution < -0.4 is 0 Å². The van der Waals surface area contributed by atoms with E-state index in [2.05, 4.69) is 24.3 Å². The zero-order chi connectivity index (χ0) is 17.8. The molecule has 0 aliphatic heterocycles. The molecule has 1 aromatic carbocycles. The molecule has 1 N–H and O–H groups in total. The van der Waals surface area contributed by atoms with Crippen LogP contribution >= 0.6 is 0 Å². The van der Waals surface area contributed by atoms with Crippen molar-refractivity contribution in [2.45, 2.75) is 70.5 Å². The second-order valence-corrected chi connectivity index (χ2v) is 8.99. The molecule has 3 nitrogen and oxygen atoms in total. The van der Waals surface area contributed by atoms with E-state index in [1.807, 2.05) is 20.8 Å². The molecule has 4 aliphatic rings. The summed E-state index contributed by atoms with van der Waals surface area (Å²) in [6, 6.07) is 8.58. The van der Waals surface area contributed by atoms with E-state index in [1.54, 1.807) is 5.57 Å². The second-order valence-electron chi connectivity index (χ2n) is 8.99. The number of carbonyl (C=O) groups excluding carboxylic acids is 1. The molecular formula is C22H28O3. The number of allylic oxidation sites excluding steroid dienone is 1. The lowest BCUT2D eigenvalue weighted by Gasteiger charge is -2.52. The molecule has 0 saturated heterocycles. The van der Waals surface area contributed by atoms with Gasteiger partial charge in [0.1, 0.15) is 5.60 Å². The molecule has 1 aromatic rings. The molecule has 0 heterocycles. The Morgan fingerprint density at radius 1 is 1.24 bits per heavy atom. The predicted octanol–water partition coefficient (Wildman–Crippen LogP) is 4.28. The van der Waals surface area contributed by atoms with Crippen molar-refractivity contribution >= 4 is 11.5 Å². The Bertz CT molecular complexity index is 740. The molecule has 25 heavy (non-hydrogen) atoms. The van der Waals surface area contributed by atoms with Crippen LogP contribution in [0.1, 0.15) is 64.0 Å². The number of hydrogen-bond donors (Lipinski definition) is 1. The van der Waals surface area contributed by atoms with Crippen molar-refractivity contribution in [3.05, 3.63) is 41.0 Å². The van der Waals surface area contributed by atoms with Crippen LogP contribution in [0.3, 0.4) is 0 Å². The van der Waals surface area contributed by atoms with Crippen LogP contribution in [0.15, 0.2) is 29.8 Å². The van der Waals surface area contributed by atoms with E-state index in [0.29, 0.717) is 12.3 Å². The Kier molecular flexibility index (Phi) is 3.84. The lowest BCUT2D eigenvalue weighted by molar-refractivity contribution is -0.164. The average Bonchev–Trinajstić information content (AvgIpc) is 2.52. The largest absolute Gasteiger partial charge is 0.460 e. The number of aliphatic hydroxyl groups is 1. The van der Waals surface area contributed by atoms with Gasteiger partial charge in [0.2, 0.25) is 0 Å². The topological polar surface area (TPSA) is 46.5 Å². The highest BCUT2D eigenvalue weighted by Gasteiger charge is 2.52. The SMILES string of the molecule is CC(C)(C)OC(=O)C[C@]1(O)C[C@H]2CC[C@@H]1C1=C2CCc2ccccc21. The summed E-state index contributed by atoms with van der Waals surface area (Å²) in [5.74, 6) is 0.191. The number of rotatable bonds is 2. The summed E-state index contributed by atoms with van der Waals surface area (Å²) in [6.45, 7) is 5.62. The number of ether oxygens (including phenoxy) is 1. The fourth-order valence-corrected chi connectivity index (χ4v) is 5.25. The van der Waals surface area contributed by atoms with Crippen molar-refractivity contribution < 1.29 is 14.6 Å². The Morgan fingerprint density at radius 3 is 2.76 bits per heavy atom. The number of fused-ring (bicyclic) bond motifs is 3. The standard InChI is InChI=1S/C22H28O3/c1-21(2,3)25-19(23)13-22(24)12-15-9-11-18(22)20-16-7-5-4-6-14(16)8-10-17(15)20/h4-7,15,18,24H,8-13H2,1-3H3/t15-,18-,22-/m1/s1. The Hall–Kier alpha value is -1.61. The third kappa shape index (κ3) is 2.93. The number of hydrogen-bond acceptors (Lipinski definition) is 3. The second kappa shape index (κ2) is 5.70. The van der Waals surface area contributed by atoms with Gasteiger partial charge in [-0.25, -0.2) is 0 Å². The first-order chi connectivity index (χ1) is 11.8. The van der Waals surface area contributed by atoms with Gasteiger partial charge in [-0.2, -0.15) is 0 Å². The van der Waals surface area contributed by atoms with Crippen LogP contribution in [0.4, 0.5) is 0 Å². The van der Waals surface area contributed by atoms with E-state index in [0.717, 1.165) is 25.7 Å². The maximum atomic E-state index is 12.4. The summed E-state index contributed by atoms with van der Waals surface area (Å²) in [4.78, 5) is 12.4. The molecule has 4 aliphatic carbocycles. The van der Waals surface area contributed by atoms with E-state index in [4.69, 9.17) is 4.74 Å². The van der Waals surface area contributed by atoms with E-state index in [-0.39, 0.29) is 18.3 Å². The molecule has 0 aromatic heterocycles. The number of carbonyl (C=O) groups is 1. The molecule has 1 saturated carbocycles. The van der Waals surface area contributed by atoms with Crippen LogP contribution in [0, 0.1) is 11.8 Å². The maximum absolute atomic E-state index is 12.4. The Labute approximate surface area is 150 Å². The highest BCUT2D eigenvalue weighted by molar-refractivity contribution is 5.79. The minimum Gasteiger partial charge on any atom is -0.460 e. The van der Waals surface area contributed by atoms with E-state index in [1.165, 1.54) is 16.7 Å². The fraction of sp³-hybridized carbons (Fsp3) is 0.591. The highest BCUT2D eigenvalue weighted by Crippen LogP contribution is 2.57. The summed E-state index contributed by atoms with van der Waals surface area (Å²) in [5.41, 5.74) is 4.10. The minimum absolute atomic E-state index is 0.0569. The predicted molar refractivity (Wildman–Crippen MR) is 97.9 cm³/mol. The van der Waals surface area contributed by atoms with E-state index >= 15 is 0 Å². The van der Waals surface area contributed by atoms with Crippen molar-refractivity contribution in [2.24, 2.45) is 11.8 Å². The molecule has 1 fully saturated rings. The van der Waals surface area contributed by atoms with Gasteiger partial charge in [0, 0.05) is 5.92 Å². The van der Waals surface area contributed by atoms with Gasteiger partial charge in [0.15, 0.2) is 0 Å². The number of esters is 1. The van der Waals surface area contributed by atoms with Crippen LogP contribution in [0.25, 0.3) is 5.57 Å². The van der Waals surface area contributed by atoms with Gasteiger partial charge >= 0.3 is 5.97 Å². The van der Waals surface area contributed by atoms with Crippen LogP contribution in [-0.4, -0.2) is 22.3 Å². The molecule has 0 amide bonds. The Balaban J connectivity index is 1.67. The third-order valence-electron chi connectivity index (χ3n) is 6.08. The number of benzene rings is 1. The normalized spacial score (nSPS) is 30.7. The summed E-state index contributed by atoms with van der Waals surface area (Å²) in [7, 11) is 0. The summed E-state index contributed by atoms with van der Waals surface area (Å²) >= 11 is 0. The molecule has 3 atom stereocenters. The molecular weight excluding hydrogens is 312 g/mol. The van der Waals surface area contributed by atoms with Gasteiger partial charge in [-0.15, -0.1) is 0 Å². The number of aryl methyl sites for hydroxylation is 1. The molecule has 0 spiro atoms. The quantitative estimate of drug-likeness (QED) is 0.818. The van der Waals surface area contributed by atoms with Crippen molar-refractivity contribution in [3.8, 4) is 0 Å². The van der Waals surface area contributed by atoms with E-state index < -0.39 is 11.2 Å². The van der Waals surface area contributed by atoms with Crippen LogP contribution in [0.2, 0.25) is 0 Å². The summed E-state index contributed by atoms with van der Waals surface area (Å²) < 4.78 is 5.50. The average molecular weight is 340 g/mol. The van der Waals surface area contributed by atoms with Crippen molar-refractivity contribution in [3.63, 3.8) is 0 Å². The molecule has 0 radical (unpaired) electrons. The van der Waals surface area contributed by atoms with Gasteiger partial charge in [0.05, 0.1) is 12.0 Å². The van der Waals surface area contributed by atoms with Crippen molar-refractivity contribution in [1.82, 2.24) is 0 Å². The van der Waals surface area contributed by atoms with Gasteiger partial charge in [0.25, 0.3) is 0 Å². The lowest BCUT2D eigenvalue weighted by Crippen LogP contribution is -2.50. The molecule has 2 bridgehead atoms. The first-order valence-electron chi connectivity index (χ1n) is 9.52. The monoisotopic (exact) mass is 340 g/mol. The molecule has 0 unspecified atom stereocenters. The lowest BCUT2D eigenvalue weighted by atomic mass is 9.55. The highest BCUT2D eigenvalue weighted by atomic mass is 16.6. The maximum Gasteiger partial charge on any atom is 0.309 e. The third-order valence-corrected chi connectivity index (χ3v) is 6.08. The zero-order valence-electron chi connectivity index (χ0n) is 15.5. The molecule has 5 rings (SSSR count). The molecule has 3 heteroatoms. The fourth-order valence-electron chi connectivity index (χ4n) is 5.25.